The van der Waals surface area contributed by atoms with Crippen molar-refractivity contribution in [3.63, 3.8) is 0 Å². The van der Waals surface area contributed by atoms with Gasteiger partial charge in [0.15, 0.2) is 17.5 Å². The number of rotatable bonds is 11. The Kier molecular flexibility index (Phi) is 11.1. The molecule has 9 nitrogen and oxygen atoms in total. The Hall–Kier alpha value is -2.52. The maximum Gasteiger partial charge on any atom is 0.221 e. The number of guanidine groups is 1. The largest absolute Gasteiger partial charge is 0.493 e. The summed E-state index contributed by atoms with van der Waals surface area (Å²) < 4.78 is 16.4. The first-order valence-corrected chi connectivity index (χ1v) is 11.3. The number of morpholine rings is 1. The number of hydrogen-bond donors (Lipinski definition) is 3. The van der Waals surface area contributed by atoms with Gasteiger partial charge in [0.25, 0.3) is 0 Å². The third-order valence-electron chi connectivity index (χ3n) is 5.63. The summed E-state index contributed by atoms with van der Waals surface area (Å²) in [6, 6.07) is 6.32. The van der Waals surface area contributed by atoms with Gasteiger partial charge in [0.1, 0.15) is 0 Å². The maximum atomic E-state index is 12.0. The van der Waals surface area contributed by atoms with Crippen LogP contribution >= 0.6 is 0 Å². The number of carbonyl (C=O) groups excluding carboxylic acids is 1. The molecule has 0 saturated carbocycles. The molecule has 0 aliphatic carbocycles. The monoisotopic (exact) mass is 449 g/mol. The minimum Gasteiger partial charge on any atom is -0.493 e. The van der Waals surface area contributed by atoms with Crippen LogP contribution in [0.2, 0.25) is 0 Å². The molecule has 1 aliphatic heterocycles. The van der Waals surface area contributed by atoms with Crippen LogP contribution in [-0.2, 0) is 9.53 Å². The zero-order chi connectivity index (χ0) is 23.3. The molecule has 1 heterocycles. The molecule has 32 heavy (non-hydrogen) atoms. The third-order valence-corrected chi connectivity index (χ3v) is 5.63. The fourth-order valence-corrected chi connectivity index (χ4v) is 3.56. The minimum atomic E-state index is 0.0406. The van der Waals surface area contributed by atoms with Crippen LogP contribution in [0.25, 0.3) is 0 Å². The van der Waals surface area contributed by atoms with Crippen LogP contribution in [0.3, 0.4) is 0 Å². The predicted molar refractivity (Wildman–Crippen MR) is 127 cm³/mol. The molecule has 1 aromatic rings. The highest BCUT2D eigenvalue weighted by Crippen LogP contribution is 2.32. The molecule has 1 amide bonds. The molecule has 0 radical (unpaired) electrons. The van der Waals surface area contributed by atoms with Crippen molar-refractivity contribution in [2.75, 3.05) is 60.7 Å². The summed E-state index contributed by atoms with van der Waals surface area (Å²) >= 11 is 0. The van der Waals surface area contributed by atoms with Crippen molar-refractivity contribution in [3.8, 4) is 11.5 Å². The average Bonchev–Trinajstić information content (AvgIpc) is 2.83. The highest BCUT2D eigenvalue weighted by molar-refractivity contribution is 5.81. The summed E-state index contributed by atoms with van der Waals surface area (Å²) in [5.41, 5.74) is 1.13. The number of carbonyl (C=O) groups is 1. The van der Waals surface area contributed by atoms with Crippen LogP contribution < -0.4 is 25.4 Å². The summed E-state index contributed by atoms with van der Waals surface area (Å²) in [5, 5.41) is 9.62. The molecule has 0 aromatic heterocycles. The standard InChI is InChI=1S/C23H39N5O4/c1-6-17(2)27-22(29)9-10-25-23(24-3)26-16-19(28-11-13-32-14-12-28)18-7-8-20(30-4)21(15-18)31-5/h7-8,15,17,19H,6,9-14,16H2,1-5H3,(H,27,29)(H2,24,25,26). The van der Waals surface area contributed by atoms with E-state index in [-0.39, 0.29) is 18.0 Å². The van der Waals surface area contributed by atoms with Gasteiger partial charge in [-0.05, 0) is 31.0 Å². The lowest BCUT2D eigenvalue weighted by molar-refractivity contribution is -0.121. The van der Waals surface area contributed by atoms with E-state index in [1.165, 1.54) is 0 Å². The van der Waals surface area contributed by atoms with Gasteiger partial charge in [-0.3, -0.25) is 14.7 Å². The Morgan fingerprint density at radius 1 is 1.19 bits per heavy atom. The Bertz CT molecular complexity index is 737. The summed E-state index contributed by atoms with van der Waals surface area (Å²) in [7, 11) is 5.01. The molecule has 1 fully saturated rings. The molecule has 2 rings (SSSR count). The van der Waals surface area contributed by atoms with E-state index in [9.17, 15) is 4.79 Å². The summed E-state index contributed by atoms with van der Waals surface area (Å²) in [6.07, 6.45) is 1.31. The summed E-state index contributed by atoms with van der Waals surface area (Å²) in [4.78, 5) is 18.7. The first-order valence-electron chi connectivity index (χ1n) is 11.3. The Labute approximate surface area is 191 Å². The van der Waals surface area contributed by atoms with Gasteiger partial charge >= 0.3 is 0 Å². The van der Waals surface area contributed by atoms with Crippen LogP contribution in [0.15, 0.2) is 23.2 Å². The van der Waals surface area contributed by atoms with E-state index in [4.69, 9.17) is 14.2 Å². The van der Waals surface area contributed by atoms with Gasteiger partial charge in [0.05, 0.1) is 33.5 Å². The van der Waals surface area contributed by atoms with Crippen molar-refractivity contribution >= 4 is 11.9 Å². The molecule has 1 saturated heterocycles. The normalized spacial score (nSPS) is 16.7. The number of ether oxygens (including phenoxy) is 3. The quantitative estimate of drug-likeness (QED) is 0.348. The third kappa shape index (κ3) is 7.87. The van der Waals surface area contributed by atoms with E-state index < -0.39 is 0 Å². The van der Waals surface area contributed by atoms with E-state index in [0.29, 0.717) is 50.2 Å². The fraction of sp³-hybridized carbons (Fsp3) is 0.652. The van der Waals surface area contributed by atoms with Crippen molar-refractivity contribution in [2.45, 2.75) is 38.8 Å². The van der Waals surface area contributed by atoms with Crippen molar-refractivity contribution in [1.82, 2.24) is 20.9 Å². The zero-order valence-corrected chi connectivity index (χ0v) is 20.1. The van der Waals surface area contributed by atoms with Gasteiger partial charge in [0.2, 0.25) is 5.91 Å². The Morgan fingerprint density at radius 3 is 2.53 bits per heavy atom. The lowest BCUT2D eigenvalue weighted by Crippen LogP contribution is -2.46. The maximum absolute atomic E-state index is 12.0. The first-order chi connectivity index (χ1) is 15.5. The molecule has 1 aliphatic rings. The highest BCUT2D eigenvalue weighted by Gasteiger charge is 2.24. The van der Waals surface area contributed by atoms with Gasteiger partial charge in [0, 0.05) is 45.7 Å². The highest BCUT2D eigenvalue weighted by atomic mass is 16.5. The van der Waals surface area contributed by atoms with Crippen LogP contribution in [0.1, 0.15) is 38.3 Å². The predicted octanol–water partition coefficient (Wildman–Crippen LogP) is 1.55. The second-order valence-electron chi connectivity index (χ2n) is 7.79. The van der Waals surface area contributed by atoms with Crippen molar-refractivity contribution in [3.05, 3.63) is 23.8 Å². The minimum absolute atomic E-state index is 0.0406. The number of amides is 1. The van der Waals surface area contributed by atoms with E-state index in [2.05, 4.69) is 38.8 Å². The smallest absolute Gasteiger partial charge is 0.221 e. The van der Waals surface area contributed by atoms with Gasteiger partial charge < -0.3 is 30.2 Å². The summed E-state index contributed by atoms with van der Waals surface area (Å²) in [6.45, 7) is 8.34. The lowest BCUT2D eigenvalue weighted by atomic mass is 10.0. The molecule has 180 valence electrons. The molecule has 9 heteroatoms. The van der Waals surface area contributed by atoms with Gasteiger partial charge in [-0.2, -0.15) is 0 Å². The number of nitrogens with one attached hydrogen (secondary N) is 3. The van der Waals surface area contributed by atoms with Crippen LogP contribution in [0, 0.1) is 0 Å². The summed E-state index contributed by atoms with van der Waals surface area (Å²) in [5.74, 6) is 2.12. The van der Waals surface area contributed by atoms with Crippen molar-refractivity contribution in [2.24, 2.45) is 4.99 Å². The number of nitrogens with zero attached hydrogens (tertiary/aromatic N) is 2. The first kappa shape index (κ1) is 25.7. The molecule has 1 aromatic carbocycles. The number of benzene rings is 1. The molecule has 2 unspecified atom stereocenters. The molecular formula is C23H39N5O4. The fourth-order valence-electron chi connectivity index (χ4n) is 3.56. The SMILES string of the molecule is CCC(C)NC(=O)CCNC(=NC)NCC(c1ccc(OC)c(OC)c1)N1CCOCC1. The van der Waals surface area contributed by atoms with E-state index in [1.807, 2.05) is 19.1 Å². The van der Waals surface area contributed by atoms with Crippen LogP contribution in [0.4, 0.5) is 0 Å². The second kappa shape index (κ2) is 13.8. The number of methoxy groups -OCH3 is 2. The van der Waals surface area contributed by atoms with Crippen molar-refractivity contribution < 1.29 is 19.0 Å². The second-order valence-corrected chi connectivity index (χ2v) is 7.79. The molecular weight excluding hydrogens is 410 g/mol. The number of aliphatic imine (C=N–C) groups is 1. The van der Waals surface area contributed by atoms with E-state index in [0.717, 1.165) is 25.1 Å². The lowest BCUT2D eigenvalue weighted by Gasteiger charge is -2.35. The Balaban J connectivity index is 2.00. The average molecular weight is 450 g/mol. The van der Waals surface area contributed by atoms with Gasteiger partial charge in [-0.1, -0.05) is 13.0 Å². The van der Waals surface area contributed by atoms with Crippen LogP contribution in [0.5, 0.6) is 11.5 Å². The molecule has 3 N–H and O–H groups in total. The molecule has 0 spiro atoms. The van der Waals surface area contributed by atoms with E-state index >= 15 is 0 Å². The Morgan fingerprint density at radius 2 is 1.91 bits per heavy atom. The zero-order valence-electron chi connectivity index (χ0n) is 20.1. The van der Waals surface area contributed by atoms with Crippen LogP contribution in [-0.4, -0.2) is 83.5 Å². The van der Waals surface area contributed by atoms with Gasteiger partial charge in [-0.15, -0.1) is 0 Å². The van der Waals surface area contributed by atoms with Crippen molar-refractivity contribution in [1.29, 1.82) is 0 Å². The van der Waals surface area contributed by atoms with E-state index in [1.54, 1.807) is 21.3 Å². The number of hydrogen-bond acceptors (Lipinski definition) is 6. The molecule has 0 bridgehead atoms. The topological polar surface area (TPSA) is 96.5 Å². The van der Waals surface area contributed by atoms with Gasteiger partial charge in [-0.25, -0.2) is 0 Å². The molecule has 2 atom stereocenters.